The predicted octanol–water partition coefficient (Wildman–Crippen LogP) is 4.63. The highest BCUT2D eigenvalue weighted by molar-refractivity contribution is 6.30. The molecule has 0 heterocycles. The van der Waals surface area contributed by atoms with Crippen molar-refractivity contribution in [1.29, 1.82) is 0 Å². The van der Waals surface area contributed by atoms with Gasteiger partial charge in [0.05, 0.1) is 0 Å². The van der Waals surface area contributed by atoms with E-state index in [2.05, 4.69) is 0 Å². The van der Waals surface area contributed by atoms with Crippen LogP contribution in [-0.4, -0.2) is 0 Å². The van der Waals surface area contributed by atoms with Gasteiger partial charge >= 0.3 is 0 Å². The summed E-state index contributed by atoms with van der Waals surface area (Å²) in [6, 6.07) is 4.61. The van der Waals surface area contributed by atoms with Crippen LogP contribution in [0, 0.1) is 5.82 Å². The Morgan fingerprint density at radius 3 is 2.08 bits per heavy atom. The number of rotatable bonds is 1. The van der Waals surface area contributed by atoms with Gasteiger partial charge in [0, 0.05) is 5.02 Å². The van der Waals surface area contributed by atoms with Crippen LogP contribution in [0.15, 0.2) is 18.2 Å². The zero-order chi connectivity index (χ0) is 10.4. The third-order valence-corrected chi connectivity index (χ3v) is 1.77. The first-order chi connectivity index (χ1) is 6.09. The van der Waals surface area contributed by atoms with Gasteiger partial charge in [-0.25, -0.2) is 4.39 Å². The Kier molecular flexibility index (Phi) is 5.72. The Labute approximate surface area is 84.7 Å². The van der Waals surface area contributed by atoms with E-state index in [-0.39, 0.29) is 5.82 Å². The Bertz CT molecular complexity index is 236. The SMILES string of the molecule is CC.CC(C)c1cc(F)cc(Cl)c1. The number of hydrogen-bond acceptors (Lipinski definition) is 0. The van der Waals surface area contributed by atoms with E-state index in [1.54, 1.807) is 6.07 Å². The quantitative estimate of drug-likeness (QED) is 0.623. The zero-order valence-electron chi connectivity index (χ0n) is 8.57. The van der Waals surface area contributed by atoms with Crippen molar-refractivity contribution >= 4 is 11.6 Å². The molecule has 74 valence electrons. The lowest BCUT2D eigenvalue weighted by atomic mass is 10.0. The first kappa shape index (κ1) is 12.4. The molecule has 13 heavy (non-hydrogen) atoms. The average Bonchev–Trinajstić information content (AvgIpc) is 2.06. The molecule has 0 fully saturated rings. The van der Waals surface area contributed by atoms with Gasteiger partial charge in [0.25, 0.3) is 0 Å². The summed E-state index contributed by atoms with van der Waals surface area (Å²) < 4.78 is 12.7. The molecule has 0 saturated heterocycles. The van der Waals surface area contributed by atoms with Crippen molar-refractivity contribution in [2.24, 2.45) is 0 Å². The summed E-state index contributed by atoms with van der Waals surface area (Å²) >= 11 is 5.65. The lowest BCUT2D eigenvalue weighted by molar-refractivity contribution is 0.623. The number of halogens is 2. The molecule has 2 heteroatoms. The smallest absolute Gasteiger partial charge is 0.124 e. The first-order valence-electron chi connectivity index (χ1n) is 4.55. The van der Waals surface area contributed by atoms with Gasteiger partial charge in [-0.3, -0.25) is 0 Å². The predicted molar refractivity (Wildman–Crippen MR) is 56.8 cm³/mol. The van der Waals surface area contributed by atoms with Gasteiger partial charge in [-0.05, 0) is 29.7 Å². The normalized spacial score (nSPS) is 9.46. The molecule has 0 saturated carbocycles. The molecule has 0 amide bonds. The molecule has 0 nitrogen and oxygen atoms in total. The van der Waals surface area contributed by atoms with Gasteiger partial charge < -0.3 is 0 Å². The molecule has 1 aromatic carbocycles. The summed E-state index contributed by atoms with van der Waals surface area (Å²) in [4.78, 5) is 0. The van der Waals surface area contributed by atoms with E-state index in [1.807, 2.05) is 27.7 Å². The van der Waals surface area contributed by atoms with E-state index in [0.717, 1.165) is 5.56 Å². The molecular formula is C11H16ClF. The molecular weight excluding hydrogens is 187 g/mol. The molecule has 0 aliphatic carbocycles. The van der Waals surface area contributed by atoms with Crippen molar-refractivity contribution in [3.8, 4) is 0 Å². The van der Waals surface area contributed by atoms with Gasteiger partial charge in [-0.2, -0.15) is 0 Å². The van der Waals surface area contributed by atoms with Crippen molar-refractivity contribution in [3.05, 3.63) is 34.6 Å². The van der Waals surface area contributed by atoms with Crippen LogP contribution < -0.4 is 0 Å². The number of benzene rings is 1. The fourth-order valence-electron chi connectivity index (χ4n) is 0.908. The molecule has 0 aliphatic rings. The Balaban J connectivity index is 0.000000671. The van der Waals surface area contributed by atoms with Crippen LogP contribution in [-0.2, 0) is 0 Å². The van der Waals surface area contributed by atoms with Crippen molar-refractivity contribution in [1.82, 2.24) is 0 Å². The van der Waals surface area contributed by atoms with Crippen molar-refractivity contribution in [2.75, 3.05) is 0 Å². The fraction of sp³-hybridized carbons (Fsp3) is 0.455. The van der Waals surface area contributed by atoms with E-state index in [1.165, 1.54) is 12.1 Å². The average molecular weight is 203 g/mol. The van der Waals surface area contributed by atoms with E-state index >= 15 is 0 Å². The topological polar surface area (TPSA) is 0 Å². The molecule has 0 bridgehead atoms. The van der Waals surface area contributed by atoms with E-state index in [9.17, 15) is 4.39 Å². The lowest BCUT2D eigenvalue weighted by Crippen LogP contribution is -1.88. The largest absolute Gasteiger partial charge is 0.207 e. The number of hydrogen-bond donors (Lipinski definition) is 0. The maximum atomic E-state index is 12.7. The summed E-state index contributed by atoms with van der Waals surface area (Å²) in [6.07, 6.45) is 0. The minimum Gasteiger partial charge on any atom is -0.207 e. The van der Waals surface area contributed by atoms with E-state index in [0.29, 0.717) is 10.9 Å². The fourth-order valence-corrected chi connectivity index (χ4v) is 1.14. The summed E-state index contributed by atoms with van der Waals surface area (Å²) in [7, 11) is 0. The van der Waals surface area contributed by atoms with Crippen molar-refractivity contribution < 1.29 is 4.39 Å². The maximum Gasteiger partial charge on any atom is 0.124 e. The third kappa shape index (κ3) is 4.28. The van der Waals surface area contributed by atoms with Gasteiger partial charge in [0.2, 0.25) is 0 Å². The maximum absolute atomic E-state index is 12.7. The summed E-state index contributed by atoms with van der Waals surface area (Å²) in [5.74, 6) is 0.0596. The van der Waals surface area contributed by atoms with Gasteiger partial charge in [0.15, 0.2) is 0 Å². The Hall–Kier alpha value is -0.560. The zero-order valence-corrected chi connectivity index (χ0v) is 9.32. The second-order valence-electron chi connectivity index (χ2n) is 2.86. The minimum atomic E-state index is -0.263. The van der Waals surface area contributed by atoms with Gasteiger partial charge in [0.1, 0.15) is 5.82 Å². The first-order valence-corrected chi connectivity index (χ1v) is 4.93. The summed E-state index contributed by atoms with van der Waals surface area (Å²) in [5.41, 5.74) is 0.940. The highest BCUT2D eigenvalue weighted by Crippen LogP contribution is 2.20. The van der Waals surface area contributed by atoms with Crippen molar-refractivity contribution in [3.63, 3.8) is 0 Å². The van der Waals surface area contributed by atoms with E-state index < -0.39 is 0 Å². The molecule has 0 unspecified atom stereocenters. The molecule has 1 aromatic rings. The Morgan fingerprint density at radius 1 is 1.15 bits per heavy atom. The second-order valence-corrected chi connectivity index (χ2v) is 3.29. The molecule has 1 rings (SSSR count). The van der Waals surface area contributed by atoms with Crippen LogP contribution >= 0.6 is 11.6 Å². The minimum absolute atomic E-state index is 0.263. The lowest BCUT2D eigenvalue weighted by Gasteiger charge is -2.04. The standard InChI is InChI=1S/C9H10ClF.C2H6/c1-6(2)7-3-8(10)5-9(11)4-7;1-2/h3-6H,1-2H3;1-2H3. The van der Waals surface area contributed by atoms with Crippen LogP contribution in [0.1, 0.15) is 39.2 Å². The third-order valence-electron chi connectivity index (χ3n) is 1.55. The van der Waals surface area contributed by atoms with Crippen LogP contribution in [0.4, 0.5) is 4.39 Å². The highest BCUT2D eigenvalue weighted by Gasteiger charge is 2.01. The van der Waals surface area contributed by atoms with E-state index in [4.69, 9.17) is 11.6 Å². The second kappa shape index (κ2) is 5.98. The molecule has 0 radical (unpaired) electrons. The van der Waals surface area contributed by atoms with Crippen LogP contribution in [0.3, 0.4) is 0 Å². The molecule has 0 atom stereocenters. The van der Waals surface area contributed by atoms with Crippen LogP contribution in [0.2, 0.25) is 5.02 Å². The monoisotopic (exact) mass is 202 g/mol. The highest BCUT2D eigenvalue weighted by atomic mass is 35.5. The van der Waals surface area contributed by atoms with Crippen LogP contribution in [0.5, 0.6) is 0 Å². The summed E-state index contributed by atoms with van der Waals surface area (Å²) in [5, 5.41) is 0.466. The Morgan fingerprint density at radius 2 is 1.69 bits per heavy atom. The van der Waals surface area contributed by atoms with Crippen LogP contribution in [0.25, 0.3) is 0 Å². The molecule has 0 aliphatic heterocycles. The molecule has 0 aromatic heterocycles. The van der Waals surface area contributed by atoms with Gasteiger partial charge in [-0.15, -0.1) is 0 Å². The van der Waals surface area contributed by atoms with Crippen molar-refractivity contribution in [2.45, 2.75) is 33.6 Å². The molecule has 0 N–H and O–H groups in total. The van der Waals surface area contributed by atoms with Gasteiger partial charge in [-0.1, -0.05) is 39.3 Å². The molecule has 0 spiro atoms. The summed E-state index contributed by atoms with van der Waals surface area (Å²) in [6.45, 7) is 8.01.